The van der Waals surface area contributed by atoms with Gasteiger partial charge in [-0.15, -0.1) is 0 Å². The van der Waals surface area contributed by atoms with Gasteiger partial charge in [0.1, 0.15) is 0 Å². The van der Waals surface area contributed by atoms with Crippen molar-refractivity contribution in [1.82, 2.24) is 16.0 Å². The summed E-state index contributed by atoms with van der Waals surface area (Å²) in [4.78, 5) is 16.1. The van der Waals surface area contributed by atoms with E-state index in [-0.39, 0.29) is 5.91 Å². The van der Waals surface area contributed by atoms with Crippen LogP contribution in [0.3, 0.4) is 0 Å². The smallest absolute Gasteiger partial charge is 0.227 e. The van der Waals surface area contributed by atoms with Gasteiger partial charge in [-0.3, -0.25) is 9.79 Å². The number of nitrogens with one attached hydrogen (secondary N) is 3. The molecule has 1 unspecified atom stereocenters. The molecule has 0 heterocycles. The molecule has 0 saturated heterocycles. The van der Waals surface area contributed by atoms with Gasteiger partial charge in [0.15, 0.2) is 5.96 Å². The number of aliphatic imine (C=N–C) groups is 1. The summed E-state index contributed by atoms with van der Waals surface area (Å²) in [6.07, 6.45) is 6.57. The number of carbonyl (C=O) groups excluding carboxylic acids is 1. The van der Waals surface area contributed by atoms with Gasteiger partial charge in [-0.25, -0.2) is 0 Å². The SMILES string of the molecule is CCOC(CCNC(=NC)NCC(C)(C)C(=O)NC)C1CCCC1. The topological polar surface area (TPSA) is 74.8 Å². The highest BCUT2D eigenvalue weighted by Gasteiger charge is 2.27. The van der Waals surface area contributed by atoms with E-state index in [0.717, 1.165) is 25.5 Å². The highest BCUT2D eigenvalue weighted by molar-refractivity contribution is 5.84. The number of nitrogens with zero attached hydrogens (tertiary/aromatic N) is 1. The van der Waals surface area contributed by atoms with Crippen molar-refractivity contribution in [2.45, 2.75) is 59.0 Å². The molecule has 1 aliphatic rings. The second kappa shape index (κ2) is 10.5. The third kappa shape index (κ3) is 6.67. The maximum absolute atomic E-state index is 11.8. The standard InChI is InChI=1S/C18H36N4O2/c1-6-24-15(14-9-7-8-10-14)11-12-21-17(20-5)22-13-18(2,3)16(23)19-4/h14-15H,6-13H2,1-5H3,(H,19,23)(H2,20,21,22). The molecule has 1 amide bonds. The summed E-state index contributed by atoms with van der Waals surface area (Å²) in [6, 6.07) is 0. The molecule has 1 aliphatic carbocycles. The predicted molar refractivity (Wildman–Crippen MR) is 99.2 cm³/mol. The summed E-state index contributed by atoms with van der Waals surface area (Å²) in [6.45, 7) is 8.02. The highest BCUT2D eigenvalue weighted by Crippen LogP contribution is 2.30. The molecule has 0 aromatic rings. The van der Waals surface area contributed by atoms with Crippen molar-refractivity contribution in [3.63, 3.8) is 0 Å². The highest BCUT2D eigenvalue weighted by atomic mass is 16.5. The van der Waals surface area contributed by atoms with E-state index in [9.17, 15) is 4.79 Å². The Labute approximate surface area is 147 Å². The molecular formula is C18H36N4O2. The molecule has 1 rings (SSSR count). The Morgan fingerprint density at radius 2 is 1.96 bits per heavy atom. The molecule has 0 bridgehead atoms. The van der Waals surface area contributed by atoms with E-state index in [1.54, 1.807) is 14.1 Å². The third-order valence-corrected chi connectivity index (χ3v) is 4.79. The van der Waals surface area contributed by atoms with Crippen molar-refractivity contribution in [2.75, 3.05) is 33.8 Å². The molecule has 1 saturated carbocycles. The van der Waals surface area contributed by atoms with Crippen LogP contribution in [0.4, 0.5) is 0 Å². The van der Waals surface area contributed by atoms with E-state index in [1.165, 1.54) is 25.7 Å². The molecule has 140 valence electrons. The number of rotatable bonds is 9. The first-order chi connectivity index (χ1) is 11.4. The molecule has 1 fully saturated rings. The van der Waals surface area contributed by atoms with Crippen LogP contribution < -0.4 is 16.0 Å². The van der Waals surface area contributed by atoms with E-state index < -0.39 is 5.41 Å². The van der Waals surface area contributed by atoms with Gasteiger partial charge in [-0.05, 0) is 46.0 Å². The fourth-order valence-corrected chi connectivity index (χ4v) is 3.28. The quantitative estimate of drug-likeness (QED) is 0.443. The van der Waals surface area contributed by atoms with Gasteiger partial charge in [-0.1, -0.05) is 12.8 Å². The van der Waals surface area contributed by atoms with Crippen LogP contribution in [0.25, 0.3) is 0 Å². The Morgan fingerprint density at radius 3 is 2.50 bits per heavy atom. The normalized spacial score (nSPS) is 17.6. The average Bonchev–Trinajstić information content (AvgIpc) is 3.10. The van der Waals surface area contributed by atoms with Crippen molar-refractivity contribution in [3.8, 4) is 0 Å². The molecule has 1 atom stereocenters. The van der Waals surface area contributed by atoms with Gasteiger partial charge in [-0.2, -0.15) is 0 Å². The Morgan fingerprint density at radius 1 is 1.29 bits per heavy atom. The second-order valence-corrected chi connectivity index (χ2v) is 7.14. The molecular weight excluding hydrogens is 304 g/mol. The molecule has 24 heavy (non-hydrogen) atoms. The van der Waals surface area contributed by atoms with Crippen LogP contribution in [0.5, 0.6) is 0 Å². The van der Waals surface area contributed by atoms with Gasteiger partial charge in [0.25, 0.3) is 0 Å². The average molecular weight is 341 g/mol. The third-order valence-electron chi connectivity index (χ3n) is 4.79. The minimum absolute atomic E-state index is 0.0168. The van der Waals surface area contributed by atoms with Crippen molar-refractivity contribution in [2.24, 2.45) is 16.3 Å². The molecule has 6 heteroatoms. The number of ether oxygens (including phenoxy) is 1. The van der Waals surface area contributed by atoms with E-state index in [0.29, 0.717) is 18.6 Å². The van der Waals surface area contributed by atoms with E-state index in [2.05, 4.69) is 27.9 Å². The molecule has 3 N–H and O–H groups in total. The van der Waals surface area contributed by atoms with Crippen LogP contribution in [-0.2, 0) is 9.53 Å². The van der Waals surface area contributed by atoms with Crippen molar-refractivity contribution in [1.29, 1.82) is 0 Å². The van der Waals surface area contributed by atoms with Gasteiger partial charge in [0, 0.05) is 33.8 Å². The predicted octanol–water partition coefficient (Wildman–Crippen LogP) is 1.91. The van der Waals surface area contributed by atoms with Crippen LogP contribution >= 0.6 is 0 Å². The van der Waals surface area contributed by atoms with Crippen LogP contribution in [0, 0.1) is 11.3 Å². The van der Waals surface area contributed by atoms with Crippen molar-refractivity contribution < 1.29 is 9.53 Å². The van der Waals surface area contributed by atoms with Crippen molar-refractivity contribution in [3.05, 3.63) is 0 Å². The second-order valence-electron chi connectivity index (χ2n) is 7.14. The van der Waals surface area contributed by atoms with E-state index >= 15 is 0 Å². The minimum Gasteiger partial charge on any atom is -0.378 e. The number of guanidine groups is 1. The van der Waals surface area contributed by atoms with Crippen LogP contribution in [0.2, 0.25) is 0 Å². The first-order valence-corrected chi connectivity index (χ1v) is 9.23. The van der Waals surface area contributed by atoms with Gasteiger partial charge < -0.3 is 20.7 Å². The zero-order chi connectivity index (χ0) is 18.0. The number of hydrogen-bond acceptors (Lipinski definition) is 3. The largest absolute Gasteiger partial charge is 0.378 e. The first-order valence-electron chi connectivity index (χ1n) is 9.23. The summed E-state index contributed by atoms with van der Waals surface area (Å²) in [5.41, 5.74) is -0.482. The lowest BCUT2D eigenvalue weighted by molar-refractivity contribution is -0.128. The fraction of sp³-hybridized carbons (Fsp3) is 0.889. The summed E-state index contributed by atoms with van der Waals surface area (Å²) in [7, 11) is 3.41. The first kappa shape index (κ1) is 20.7. The Kier molecular flexibility index (Phi) is 9.11. The molecule has 6 nitrogen and oxygen atoms in total. The maximum Gasteiger partial charge on any atom is 0.227 e. The van der Waals surface area contributed by atoms with E-state index in [1.807, 2.05) is 13.8 Å². The summed E-state index contributed by atoms with van der Waals surface area (Å²) in [5, 5.41) is 9.27. The molecule has 0 aromatic heterocycles. The van der Waals surface area contributed by atoms with Crippen LogP contribution in [0.15, 0.2) is 4.99 Å². The molecule has 0 aromatic carbocycles. The minimum atomic E-state index is -0.482. The monoisotopic (exact) mass is 340 g/mol. The van der Waals surface area contributed by atoms with Crippen LogP contribution in [0.1, 0.15) is 52.9 Å². The molecule has 0 spiro atoms. The lowest BCUT2D eigenvalue weighted by Gasteiger charge is -2.25. The summed E-state index contributed by atoms with van der Waals surface area (Å²) in [5.74, 6) is 1.45. The Hall–Kier alpha value is -1.30. The zero-order valence-electron chi connectivity index (χ0n) is 16.1. The fourth-order valence-electron chi connectivity index (χ4n) is 3.28. The summed E-state index contributed by atoms with van der Waals surface area (Å²) < 4.78 is 5.95. The lowest BCUT2D eigenvalue weighted by Crippen LogP contribution is -2.47. The number of hydrogen-bond donors (Lipinski definition) is 3. The van der Waals surface area contributed by atoms with Crippen LogP contribution in [-0.4, -0.2) is 51.8 Å². The van der Waals surface area contributed by atoms with E-state index in [4.69, 9.17) is 4.74 Å². The zero-order valence-corrected chi connectivity index (χ0v) is 16.1. The molecule has 0 radical (unpaired) electrons. The number of amides is 1. The lowest BCUT2D eigenvalue weighted by atomic mass is 9.92. The van der Waals surface area contributed by atoms with Gasteiger partial charge in [0.2, 0.25) is 5.91 Å². The van der Waals surface area contributed by atoms with Gasteiger partial charge >= 0.3 is 0 Å². The Balaban J connectivity index is 2.38. The summed E-state index contributed by atoms with van der Waals surface area (Å²) >= 11 is 0. The Bertz CT molecular complexity index is 404. The van der Waals surface area contributed by atoms with Gasteiger partial charge in [0.05, 0.1) is 11.5 Å². The maximum atomic E-state index is 11.8. The molecule has 0 aliphatic heterocycles. The number of carbonyl (C=O) groups is 1. The van der Waals surface area contributed by atoms with Crippen molar-refractivity contribution >= 4 is 11.9 Å².